The lowest BCUT2D eigenvalue weighted by molar-refractivity contribution is 0.288. The third-order valence-electron chi connectivity index (χ3n) is 2.33. The summed E-state index contributed by atoms with van der Waals surface area (Å²) < 4.78 is 5.88. The van der Waals surface area contributed by atoms with Gasteiger partial charge in [0.15, 0.2) is 0 Å². The van der Waals surface area contributed by atoms with Crippen LogP contribution < -0.4 is 9.64 Å². The van der Waals surface area contributed by atoms with Crippen LogP contribution in [0.2, 0.25) is 0 Å². The maximum Gasteiger partial charge on any atom is 0.232 e. The second-order valence-electron chi connectivity index (χ2n) is 3.89. The number of anilines is 1. The summed E-state index contributed by atoms with van der Waals surface area (Å²) in [6.45, 7) is 5.01. The van der Waals surface area contributed by atoms with Gasteiger partial charge in [-0.1, -0.05) is 0 Å². The van der Waals surface area contributed by atoms with Gasteiger partial charge in [-0.15, -0.1) is 0 Å². The predicted octanol–water partition coefficient (Wildman–Crippen LogP) is 1.84. The molecule has 17 heavy (non-hydrogen) atoms. The van der Waals surface area contributed by atoms with Crippen molar-refractivity contribution in [2.45, 2.75) is 26.3 Å². The van der Waals surface area contributed by atoms with E-state index in [0.29, 0.717) is 18.2 Å². The Bertz CT molecular complexity index is 361. The molecule has 0 aliphatic carbocycles. The molecule has 0 aliphatic heterocycles. The molecule has 0 atom stereocenters. The van der Waals surface area contributed by atoms with Gasteiger partial charge in [0, 0.05) is 19.2 Å². The minimum absolute atomic E-state index is 0.164. The number of ether oxygens (including phenoxy) is 1. The molecular formula is C11H18BrN3O2. The van der Waals surface area contributed by atoms with Crippen molar-refractivity contribution < 1.29 is 9.84 Å². The van der Waals surface area contributed by atoms with E-state index in [0.717, 1.165) is 11.0 Å². The monoisotopic (exact) mass is 303 g/mol. The van der Waals surface area contributed by atoms with Crippen molar-refractivity contribution in [2.75, 3.05) is 25.2 Å². The van der Waals surface area contributed by atoms with E-state index < -0.39 is 0 Å². The second kappa shape index (κ2) is 6.76. The van der Waals surface area contributed by atoms with Crippen molar-refractivity contribution >= 4 is 21.9 Å². The van der Waals surface area contributed by atoms with Gasteiger partial charge in [0.25, 0.3) is 0 Å². The first-order valence-electron chi connectivity index (χ1n) is 5.54. The SMILES string of the molecule is COc1nc(N(CCCO)C(C)C)ncc1Br. The van der Waals surface area contributed by atoms with Crippen LogP contribution in [0, 0.1) is 0 Å². The van der Waals surface area contributed by atoms with E-state index in [1.165, 1.54) is 0 Å². The summed E-state index contributed by atoms with van der Waals surface area (Å²) in [4.78, 5) is 10.6. The van der Waals surface area contributed by atoms with E-state index in [9.17, 15) is 0 Å². The Kier molecular flexibility index (Phi) is 5.64. The standard InChI is InChI=1S/C11H18BrN3O2/c1-8(2)15(5-4-6-16)11-13-7-9(12)10(14-11)17-3/h7-8,16H,4-6H2,1-3H3. The van der Waals surface area contributed by atoms with Gasteiger partial charge in [0.1, 0.15) is 0 Å². The molecule has 0 spiro atoms. The number of nitrogens with zero attached hydrogens (tertiary/aromatic N) is 3. The molecule has 1 aromatic rings. The van der Waals surface area contributed by atoms with E-state index >= 15 is 0 Å². The zero-order valence-electron chi connectivity index (χ0n) is 10.4. The minimum Gasteiger partial charge on any atom is -0.480 e. The van der Waals surface area contributed by atoms with Crippen molar-refractivity contribution in [2.24, 2.45) is 0 Å². The fourth-order valence-corrected chi connectivity index (χ4v) is 1.81. The van der Waals surface area contributed by atoms with Crippen LogP contribution in [0.25, 0.3) is 0 Å². The van der Waals surface area contributed by atoms with Crippen molar-refractivity contribution in [1.29, 1.82) is 0 Å². The van der Waals surface area contributed by atoms with Gasteiger partial charge < -0.3 is 14.7 Å². The molecule has 0 aromatic carbocycles. The summed E-state index contributed by atoms with van der Waals surface area (Å²) in [5.74, 6) is 1.14. The van der Waals surface area contributed by atoms with Crippen LogP contribution in [0.4, 0.5) is 5.95 Å². The van der Waals surface area contributed by atoms with Gasteiger partial charge >= 0.3 is 0 Å². The number of aliphatic hydroxyl groups is 1. The molecule has 0 saturated carbocycles. The largest absolute Gasteiger partial charge is 0.480 e. The summed E-state index contributed by atoms with van der Waals surface area (Å²) in [5.41, 5.74) is 0. The third-order valence-corrected chi connectivity index (χ3v) is 2.87. The van der Waals surface area contributed by atoms with Crippen LogP contribution in [-0.2, 0) is 0 Å². The van der Waals surface area contributed by atoms with E-state index in [2.05, 4.69) is 39.7 Å². The highest BCUT2D eigenvalue weighted by molar-refractivity contribution is 9.10. The Morgan fingerprint density at radius 3 is 2.76 bits per heavy atom. The molecule has 1 heterocycles. The van der Waals surface area contributed by atoms with Gasteiger partial charge in [-0.05, 0) is 36.2 Å². The Morgan fingerprint density at radius 1 is 1.53 bits per heavy atom. The molecule has 0 aliphatic rings. The number of methoxy groups -OCH3 is 1. The highest BCUT2D eigenvalue weighted by atomic mass is 79.9. The summed E-state index contributed by atoms with van der Waals surface area (Å²) in [6, 6.07) is 0.271. The Labute approximate surface area is 110 Å². The van der Waals surface area contributed by atoms with Crippen molar-refractivity contribution in [3.63, 3.8) is 0 Å². The van der Waals surface area contributed by atoms with Crippen LogP contribution in [0.1, 0.15) is 20.3 Å². The smallest absolute Gasteiger partial charge is 0.232 e. The minimum atomic E-state index is 0.164. The number of hydrogen-bond acceptors (Lipinski definition) is 5. The van der Waals surface area contributed by atoms with Crippen molar-refractivity contribution in [1.82, 2.24) is 9.97 Å². The summed E-state index contributed by atoms with van der Waals surface area (Å²) in [6.07, 6.45) is 2.37. The molecule has 5 nitrogen and oxygen atoms in total. The quantitative estimate of drug-likeness (QED) is 0.869. The normalized spacial score (nSPS) is 10.7. The lowest BCUT2D eigenvalue weighted by Crippen LogP contribution is -2.33. The van der Waals surface area contributed by atoms with E-state index in [4.69, 9.17) is 9.84 Å². The molecule has 1 rings (SSSR count). The molecule has 0 amide bonds. The van der Waals surface area contributed by atoms with Crippen LogP contribution >= 0.6 is 15.9 Å². The average molecular weight is 304 g/mol. The Morgan fingerprint density at radius 2 is 2.24 bits per heavy atom. The number of halogens is 1. The lowest BCUT2D eigenvalue weighted by atomic mass is 10.3. The number of rotatable bonds is 6. The molecular weight excluding hydrogens is 286 g/mol. The Balaban J connectivity index is 2.93. The predicted molar refractivity (Wildman–Crippen MR) is 70.5 cm³/mol. The van der Waals surface area contributed by atoms with Crippen LogP contribution in [0.5, 0.6) is 5.88 Å². The molecule has 1 N–H and O–H groups in total. The first kappa shape index (κ1) is 14.2. The third kappa shape index (κ3) is 3.81. The first-order chi connectivity index (χ1) is 8.10. The fourth-order valence-electron chi connectivity index (χ4n) is 1.45. The molecule has 0 unspecified atom stereocenters. The molecule has 6 heteroatoms. The maximum absolute atomic E-state index is 8.89. The van der Waals surface area contributed by atoms with Gasteiger partial charge in [-0.2, -0.15) is 4.98 Å². The van der Waals surface area contributed by atoms with Gasteiger partial charge in [-0.25, -0.2) is 4.98 Å². The summed E-state index contributed by atoms with van der Waals surface area (Å²) in [5, 5.41) is 8.89. The average Bonchev–Trinajstić information content (AvgIpc) is 2.31. The highest BCUT2D eigenvalue weighted by Crippen LogP contribution is 2.24. The molecule has 0 radical (unpaired) electrons. The van der Waals surface area contributed by atoms with Gasteiger partial charge in [-0.3, -0.25) is 0 Å². The van der Waals surface area contributed by atoms with Gasteiger partial charge in [0.05, 0.1) is 17.8 Å². The lowest BCUT2D eigenvalue weighted by Gasteiger charge is -2.26. The maximum atomic E-state index is 8.89. The van der Waals surface area contributed by atoms with Crippen molar-refractivity contribution in [3.05, 3.63) is 10.7 Å². The van der Waals surface area contributed by atoms with Crippen molar-refractivity contribution in [3.8, 4) is 5.88 Å². The molecule has 0 bridgehead atoms. The van der Waals surface area contributed by atoms with E-state index in [1.54, 1.807) is 13.3 Å². The topological polar surface area (TPSA) is 58.5 Å². The number of aliphatic hydroxyl groups excluding tert-OH is 1. The fraction of sp³-hybridized carbons (Fsp3) is 0.636. The zero-order chi connectivity index (χ0) is 12.8. The molecule has 96 valence electrons. The van der Waals surface area contributed by atoms with E-state index in [-0.39, 0.29) is 12.6 Å². The summed E-state index contributed by atoms with van der Waals surface area (Å²) >= 11 is 3.32. The molecule has 1 aromatic heterocycles. The highest BCUT2D eigenvalue weighted by Gasteiger charge is 2.15. The molecule has 0 fully saturated rings. The number of hydrogen-bond donors (Lipinski definition) is 1. The second-order valence-corrected chi connectivity index (χ2v) is 4.75. The molecule has 0 saturated heterocycles. The van der Waals surface area contributed by atoms with Crippen LogP contribution in [0.15, 0.2) is 10.7 Å². The first-order valence-corrected chi connectivity index (χ1v) is 6.33. The van der Waals surface area contributed by atoms with E-state index in [1.807, 2.05) is 4.90 Å². The summed E-state index contributed by atoms with van der Waals surface area (Å²) in [7, 11) is 1.57. The van der Waals surface area contributed by atoms with Crippen LogP contribution in [-0.4, -0.2) is 41.4 Å². The van der Waals surface area contributed by atoms with Crippen LogP contribution in [0.3, 0.4) is 0 Å². The van der Waals surface area contributed by atoms with Gasteiger partial charge in [0.2, 0.25) is 11.8 Å². The Hall–Kier alpha value is -0.880. The number of aromatic nitrogens is 2. The zero-order valence-corrected chi connectivity index (χ0v) is 11.9.